The highest BCUT2D eigenvalue weighted by Gasteiger charge is 2.50. The maximum atomic E-state index is 14.0. The quantitative estimate of drug-likeness (QED) is 0.447. The summed E-state index contributed by atoms with van der Waals surface area (Å²) in [4.78, 5) is 15.5. The monoisotopic (exact) mass is 527 g/mol. The Hall–Kier alpha value is -3.15. The second kappa shape index (κ2) is 10.7. The highest BCUT2D eigenvalue weighted by atomic mass is 32.2. The zero-order chi connectivity index (χ0) is 26.0. The average Bonchev–Trinajstić information content (AvgIpc) is 3.31. The normalized spacial score (nSPS) is 22.7. The Morgan fingerprint density at radius 2 is 1.89 bits per heavy atom. The number of hydrogen-bond acceptors (Lipinski definition) is 6. The number of ether oxygens (including phenoxy) is 1. The van der Waals surface area contributed by atoms with Gasteiger partial charge in [0.25, 0.3) is 0 Å². The Morgan fingerprint density at radius 1 is 1.08 bits per heavy atom. The van der Waals surface area contributed by atoms with Crippen LogP contribution in [0.5, 0.6) is 0 Å². The molecule has 37 heavy (non-hydrogen) atoms. The summed E-state index contributed by atoms with van der Waals surface area (Å²) in [5.41, 5.74) is 1.81. The first-order valence-electron chi connectivity index (χ1n) is 12.4. The molecule has 2 aromatic carbocycles. The van der Waals surface area contributed by atoms with E-state index in [-0.39, 0.29) is 29.9 Å². The Balaban J connectivity index is 1.48. The molecule has 2 aliphatic rings. The van der Waals surface area contributed by atoms with Gasteiger partial charge in [0, 0.05) is 25.6 Å². The molecule has 0 aliphatic carbocycles. The van der Waals surface area contributed by atoms with Gasteiger partial charge in [0.2, 0.25) is 15.9 Å². The lowest BCUT2D eigenvalue weighted by molar-refractivity contribution is -0.135. The molecule has 2 unspecified atom stereocenters. The third-order valence-corrected chi connectivity index (χ3v) is 9.12. The van der Waals surface area contributed by atoms with Gasteiger partial charge in [0.15, 0.2) is 0 Å². The van der Waals surface area contributed by atoms with Gasteiger partial charge < -0.3 is 9.64 Å². The molecule has 2 aliphatic heterocycles. The van der Waals surface area contributed by atoms with Gasteiger partial charge in [0.05, 0.1) is 36.5 Å². The predicted octanol–water partition coefficient (Wildman–Crippen LogP) is 2.68. The molecule has 5 rings (SSSR count). The van der Waals surface area contributed by atoms with Gasteiger partial charge in [-0.25, -0.2) is 17.5 Å². The van der Waals surface area contributed by atoms with Gasteiger partial charge in [-0.05, 0) is 43.0 Å². The highest BCUT2D eigenvalue weighted by Crippen LogP contribution is 2.37. The van der Waals surface area contributed by atoms with Crippen LogP contribution in [0.1, 0.15) is 30.5 Å². The van der Waals surface area contributed by atoms with E-state index in [1.807, 2.05) is 30.3 Å². The van der Waals surface area contributed by atoms with Crippen LogP contribution >= 0.6 is 0 Å². The van der Waals surface area contributed by atoms with Crippen molar-refractivity contribution >= 4 is 15.9 Å². The number of hydrogen-bond donors (Lipinski definition) is 0. The van der Waals surface area contributed by atoms with E-state index in [0.717, 1.165) is 23.7 Å². The van der Waals surface area contributed by atoms with Crippen LogP contribution in [0, 0.1) is 11.7 Å². The number of piperidine rings is 1. The fourth-order valence-electron chi connectivity index (χ4n) is 5.49. The second-order valence-electron chi connectivity index (χ2n) is 9.61. The minimum absolute atomic E-state index is 0.146. The topological polar surface area (TPSA) is 97.6 Å². The van der Waals surface area contributed by atoms with Crippen LogP contribution in [0.3, 0.4) is 0 Å². The third kappa shape index (κ3) is 5.16. The lowest BCUT2D eigenvalue weighted by Crippen LogP contribution is -2.55. The van der Waals surface area contributed by atoms with Crippen LogP contribution in [0.4, 0.5) is 4.39 Å². The molecule has 1 aromatic heterocycles. The molecule has 196 valence electrons. The van der Waals surface area contributed by atoms with Gasteiger partial charge in [-0.2, -0.15) is 4.31 Å². The first-order valence-corrected chi connectivity index (χ1v) is 13.8. The number of carbonyl (C=O) groups excluding carboxylic acids is 1. The van der Waals surface area contributed by atoms with Crippen molar-refractivity contribution in [2.45, 2.75) is 49.3 Å². The number of benzene rings is 2. The second-order valence-corrected chi connectivity index (χ2v) is 11.5. The van der Waals surface area contributed by atoms with Crippen molar-refractivity contribution in [3.8, 4) is 0 Å². The Labute approximate surface area is 215 Å². The number of carbonyl (C=O) groups is 1. The summed E-state index contributed by atoms with van der Waals surface area (Å²) in [6.07, 6.45) is 3.37. The molecular weight excluding hydrogens is 497 g/mol. The maximum absolute atomic E-state index is 14.0. The molecule has 3 atom stereocenters. The van der Waals surface area contributed by atoms with E-state index in [0.29, 0.717) is 25.9 Å². The van der Waals surface area contributed by atoms with Crippen molar-refractivity contribution in [2.75, 3.05) is 20.3 Å². The number of halogens is 1. The number of methoxy groups -OCH3 is 1. The van der Waals surface area contributed by atoms with Crippen molar-refractivity contribution in [3.63, 3.8) is 0 Å². The minimum Gasteiger partial charge on any atom is -0.384 e. The summed E-state index contributed by atoms with van der Waals surface area (Å²) >= 11 is 0. The van der Waals surface area contributed by atoms with E-state index in [1.54, 1.807) is 22.9 Å². The number of rotatable bonds is 8. The molecule has 2 saturated heterocycles. The number of nitrogens with zero attached hydrogens (tertiary/aromatic N) is 5. The molecule has 0 spiro atoms. The van der Waals surface area contributed by atoms with Crippen molar-refractivity contribution < 1.29 is 22.3 Å². The molecule has 11 heteroatoms. The molecule has 2 fully saturated rings. The largest absolute Gasteiger partial charge is 0.384 e. The fraction of sp³-hybridized carbons (Fsp3) is 0.423. The van der Waals surface area contributed by atoms with E-state index in [9.17, 15) is 17.6 Å². The summed E-state index contributed by atoms with van der Waals surface area (Å²) in [7, 11) is -2.55. The van der Waals surface area contributed by atoms with Crippen LogP contribution in [-0.4, -0.2) is 70.9 Å². The molecule has 0 N–H and O–H groups in total. The Morgan fingerprint density at radius 3 is 2.65 bits per heavy atom. The van der Waals surface area contributed by atoms with E-state index in [2.05, 4.69) is 10.3 Å². The summed E-state index contributed by atoms with van der Waals surface area (Å²) in [5.74, 6) is -1.15. The lowest BCUT2D eigenvalue weighted by Gasteiger charge is -2.40. The zero-order valence-electron chi connectivity index (χ0n) is 20.6. The van der Waals surface area contributed by atoms with Crippen molar-refractivity contribution in [1.82, 2.24) is 24.2 Å². The van der Waals surface area contributed by atoms with Gasteiger partial charge in [-0.15, -0.1) is 5.10 Å². The number of amides is 1. The predicted molar refractivity (Wildman–Crippen MR) is 133 cm³/mol. The summed E-state index contributed by atoms with van der Waals surface area (Å²) in [6.45, 7) is 1.37. The summed E-state index contributed by atoms with van der Waals surface area (Å²) in [6, 6.07) is 13.5. The average molecular weight is 528 g/mol. The van der Waals surface area contributed by atoms with Crippen LogP contribution in [0.25, 0.3) is 0 Å². The van der Waals surface area contributed by atoms with Crippen LogP contribution in [0.2, 0.25) is 0 Å². The SMILES string of the molecule is COC[C@H]1CN(Cc2cnnn2Cc2ccccc2)C(=O)C2CCCC1N2S(=O)(=O)c1cccc(F)c1. The fourth-order valence-corrected chi connectivity index (χ4v) is 7.41. The van der Waals surface area contributed by atoms with Gasteiger partial charge in [0.1, 0.15) is 11.9 Å². The minimum atomic E-state index is -4.13. The first-order chi connectivity index (χ1) is 17.9. The van der Waals surface area contributed by atoms with E-state index in [4.69, 9.17) is 4.74 Å². The molecule has 9 nitrogen and oxygen atoms in total. The highest BCUT2D eigenvalue weighted by molar-refractivity contribution is 7.89. The zero-order valence-corrected chi connectivity index (χ0v) is 21.4. The molecule has 0 saturated carbocycles. The van der Waals surface area contributed by atoms with Crippen LogP contribution in [0.15, 0.2) is 65.7 Å². The molecule has 1 amide bonds. The van der Waals surface area contributed by atoms with Gasteiger partial charge in [-0.1, -0.05) is 41.6 Å². The van der Waals surface area contributed by atoms with Crippen molar-refractivity contribution in [3.05, 3.63) is 77.9 Å². The smallest absolute Gasteiger partial charge is 0.244 e. The standard InChI is InChI=1S/C26H30FN5O4S/c1-36-18-20-16-30(17-22-14-28-29-31(22)15-19-7-3-2-4-8-19)26(33)25-12-6-11-24(20)32(25)37(34,35)23-10-5-9-21(27)13-23/h2-5,7-10,13-14,20,24-25H,6,11-12,15-18H2,1H3/t20-,24?,25?/m1/s1. The lowest BCUT2D eigenvalue weighted by atomic mass is 9.91. The molecule has 2 bridgehead atoms. The molecule has 3 aromatic rings. The van der Waals surface area contributed by atoms with Crippen LogP contribution in [-0.2, 0) is 32.6 Å². The number of sulfonamides is 1. The van der Waals surface area contributed by atoms with E-state index < -0.39 is 27.9 Å². The molecule has 0 radical (unpaired) electrons. The molecular formula is C26H30FN5O4S. The van der Waals surface area contributed by atoms with E-state index >= 15 is 0 Å². The Bertz CT molecular complexity index is 1350. The van der Waals surface area contributed by atoms with Gasteiger partial charge >= 0.3 is 0 Å². The Kier molecular flexibility index (Phi) is 7.36. The summed E-state index contributed by atoms with van der Waals surface area (Å²) in [5, 5.41) is 8.28. The van der Waals surface area contributed by atoms with E-state index in [1.165, 1.54) is 22.5 Å². The molecule has 3 heterocycles. The van der Waals surface area contributed by atoms with Crippen LogP contribution < -0.4 is 0 Å². The third-order valence-electron chi connectivity index (χ3n) is 7.19. The van der Waals surface area contributed by atoms with Gasteiger partial charge in [-0.3, -0.25) is 4.79 Å². The number of aromatic nitrogens is 3. The first kappa shape index (κ1) is 25.5. The number of fused-ring (bicyclic) bond motifs is 2. The maximum Gasteiger partial charge on any atom is 0.244 e. The van der Waals surface area contributed by atoms with Crippen molar-refractivity contribution in [2.24, 2.45) is 5.92 Å². The summed E-state index contributed by atoms with van der Waals surface area (Å²) < 4.78 is 50.2. The van der Waals surface area contributed by atoms with Crippen molar-refractivity contribution in [1.29, 1.82) is 0 Å².